The first-order chi connectivity index (χ1) is 6.66. The van der Waals surface area contributed by atoms with E-state index in [1.54, 1.807) is 0 Å². The first-order valence-corrected chi connectivity index (χ1v) is 5.76. The zero-order valence-corrected chi connectivity index (χ0v) is 9.66. The predicted molar refractivity (Wildman–Crippen MR) is 58.8 cm³/mol. The van der Waals surface area contributed by atoms with E-state index in [9.17, 15) is 5.26 Å². The van der Waals surface area contributed by atoms with E-state index in [0.717, 1.165) is 6.54 Å². The zero-order chi connectivity index (χ0) is 10.6. The zero-order valence-electron chi connectivity index (χ0n) is 9.66. The molecule has 0 aromatic rings. The average molecular weight is 194 g/mol. The summed E-state index contributed by atoms with van der Waals surface area (Å²) in [5.41, 5.74) is 0. The van der Waals surface area contributed by atoms with Gasteiger partial charge in [0.25, 0.3) is 0 Å². The van der Waals surface area contributed by atoms with Gasteiger partial charge in [0.15, 0.2) is 0 Å². The maximum absolute atomic E-state index is 9.18. The van der Waals surface area contributed by atoms with Gasteiger partial charge in [-0.15, -0.1) is 0 Å². The molecule has 0 aliphatic carbocycles. The lowest BCUT2D eigenvalue weighted by Gasteiger charge is -2.31. The van der Waals surface area contributed by atoms with Crippen LogP contribution < -0.4 is 0 Å². The van der Waals surface area contributed by atoms with E-state index >= 15 is 0 Å². The average Bonchev–Trinajstić information content (AvgIpc) is 2.33. The van der Waals surface area contributed by atoms with Crippen molar-refractivity contribution >= 4 is 0 Å². The van der Waals surface area contributed by atoms with E-state index in [4.69, 9.17) is 0 Å². The third kappa shape index (κ3) is 2.72. The molecule has 14 heavy (non-hydrogen) atoms. The van der Waals surface area contributed by atoms with E-state index in [1.165, 1.54) is 25.7 Å². The van der Waals surface area contributed by atoms with Gasteiger partial charge in [0, 0.05) is 6.04 Å². The molecule has 1 saturated heterocycles. The molecule has 1 heterocycles. The van der Waals surface area contributed by atoms with Crippen molar-refractivity contribution in [2.45, 2.75) is 45.6 Å². The second-order valence-electron chi connectivity index (χ2n) is 4.80. The van der Waals surface area contributed by atoms with Crippen molar-refractivity contribution in [1.82, 2.24) is 4.90 Å². The van der Waals surface area contributed by atoms with Gasteiger partial charge in [-0.05, 0) is 32.4 Å². The molecule has 0 radical (unpaired) electrons. The summed E-state index contributed by atoms with van der Waals surface area (Å²) in [6.45, 7) is 5.48. The summed E-state index contributed by atoms with van der Waals surface area (Å²) in [5, 5.41) is 9.18. The molecule has 0 bridgehead atoms. The number of hydrogen-bond donors (Lipinski definition) is 0. The van der Waals surface area contributed by atoms with Crippen LogP contribution in [0.1, 0.15) is 39.5 Å². The van der Waals surface area contributed by atoms with Crippen molar-refractivity contribution in [3.05, 3.63) is 0 Å². The minimum atomic E-state index is 0.207. The number of rotatable bonds is 2. The molecule has 1 aliphatic heterocycles. The second-order valence-corrected chi connectivity index (χ2v) is 4.80. The molecule has 1 rings (SSSR count). The minimum absolute atomic E-state index is 0.207. The molecule has 0 N–H and O–H groups in total. The standard InChI is InChI=1S/C12H22N2/c1-10(2)11(9-13)12-7-5-4-6-8-14(12)3/h10-12H,4-8H2,1-3H3. The molecule has 0 aromatic carbocycles. The number of hydrogen-bond acceptors (Lipinski definition) is 2. The van der Waals surface area contributed by atoms with Crippen LogP contribution in [0.5, 0.6) is 0 Å². The highest BCUT2D eigenvalue weighted by Gasteiger charge is 2.28. The third-order valence-electron chi connectivity index (χ3n) is 3.36. The van der Waals surface area contributed by atoms with Gasteiger partial charge in [-0.3, -0.25) is 0 Å². The predicted octanol–water partition coefficient (Wildman–Crippen LogP) is 2.66. The Hall–Kier alpha value is -0.550. The van der Waals surface area contributed by atoms with Crippen LogP contribution in [-0.4, -0.2) is 24.5 Å². The van der Waals surface area contributed by atoms with Crippen molar-refractivity contribution in [2.75, 3.05) is 13.6 Å². The Morgan fingerprint density at radius 3 is 2.57 bits per heavy atom. The van der Waals surface area contributed by atoms with E-state index in [-0.39, 0.29) is 5.92 Å². The monoisotopic (exact) mass is 194 g/mol. The van der Waals surface area contributed by atoms with Crippen LogP contribution in [0.2, 0.25) is 0 Å². The molecule has 0 saturated carbocycles. The Bertz CT molecular complexity index is 205. The van der Waals surface area contributed by atoms with Gasteiger partial charge in [0.05, 0.1) is 12.0 Å². The first-order valence-electron chi connectivity index (χ1n) is 5.76. The van der Waals surface area contributed by atoms with Crippen LogP contribution >= 0.6 is 0 Å². The van der Waals surface area contributed by atoms with Crippen LogP contribution in [0, 0.1) is 23.2 Å². The van der Waals surface area contributed by atoms with Gasteiger partial charge in [-0.2, -0.15) is 5.26 Å². The highest BCUT2D eigenvalue weighted by atomic mass is 15.1. The van der Waals surface area contributed by atoms with Crippen LogP contribution in [0.3, 0.4) is 0 Å². The normalized spacial score (nSPS) is 26.9. The third-order valence-corrected chi connectivity index (χ3v) is 3.36. The fourth-order valence-electron chi connectivity index (χ4n) is 2.41. The van der Waals surface area contributed by atoms with Gasteiger partial charge in [0.2, 0.25) is 0 Å². The largest absolute Gasteiger partial charge is 0.302 e. The SMILES string of the molecule is CC(C)C(C#N)C1CCCCCN1C. The van der Waals surface area contributed by atoms with Crippen LogP contribution in [0.4, 0.5) is 0 Å². The highest BCUT2D eigenvalue weighted by Crippen LogP contribution is 2.25. The molecule has 2 unspecified atom stereocenters. The lowest BCUT2D eigenvalue weighted by Crippen LogP contribution is -2.39. The molecule has 2 heteroatoms. The summed E-state index contributed by atoms with van der Waals surface area (Å²) in [6, 6.07) is 2.98. The van der Waals surface area contributed by atoms with E-state index in [1.807, 2.05) is 0 Å². The first kappa shape index (κ1) is 11.5. The molecule has 1 fully saturated rings. The summed E-state index contributed by atoms with van der Waals surface area (Å²) >= 11 is 0. The maximum atomic E-state index is 9.18. The van der Waals surface area contributed by atoms with E-state index in [0.29, 0.717) is 12.0 Å². The van der Waals surface area contributed by atoms with Gasteiger partial charge in [0.1, 0.15) is 0 Å². The summed E-state index contributed by atoms with van der Waals surface area (Å²) in [7, 11) is 2.17. The van der Waals surface area contributed by atoms with Crippen LogP contribution in [-0.2, 0) is 0 Å². The Balaban J connectivity index is 2.66. The summed E-state index contributed by atoms with van der Waals surface area (Å²) in [6.07, 6.45) is 5.12. The molecule has 1 aliphatic rings. The molecule has 0 amide bonds. The summed E-state index contributed by atoms with van der Waals surface area (Å²) < 4.78 is 0. The van der Waals surface area contributed by atoms with Crippen molar-refractivity contribution < 1.29 is 0 Å². The fraction of sp³-hybridized carbons (Fsp3) is 0.917. The number of nitrogens with zero attached hydrogens (tertiary/aromatic N) is 2. The van der Waals surface area contributed by atoms with Gasteiger partial charge in [-0.1, -0.05) is 26.7 Å². The maximum Gasteiger partial charge on any atom is 0.0675 e. The summed E-state index contributed by atoms with van der Waals surface area (Å²) in [4.78, 5) is 2.39. The van der Waals surface area contributed by atoms with Gasteiger partial charge < -0.3 is 4.90 Å². The van der Waals surface area contributed by atoms with Crippen LogP contribution in [0.25, 0.3) is 0 Å². The lowest BCUT2D eigenvalue weighted by molar-refractivity contribution is 0.176. The van der Waals surface area contributed by atoms with Gasteiger partial charge in [-0.25, -0.2) is 0 Å². The van der Waals surface area contributed by atoms with Gasteiger partial charge >= 0.3 is 0 Å². The van der Waals surface area contributed by atoms with Crippen molar-refractivity contribution in [1.29, 1.82) is 5.26 Å². The Morgan fingerprint density at radius 1 is 1.29 bits per heavy atom. The fourth-order valence-corrected chi connectivity index (χ4v) is 2.41. The molecule has 0 aromatic heterocycles. The van der Waals surface area contributed by atoms with E-state index in [2.05, 4.69) is 31.9 Å². The van der Waals surface area contributed by atoms with E-state index < -0.39 is 0 Å². The number of nitriles is 1. The van der Waals surface area contributed by atoms with Crippen molar-refractivity contribution in [3.63, 3.8) is 0 Å². The highest BCUT2D eigenvalue weighted by molar-refractivity contribution is 4.95. The molecule has 2 atom stereocenters. The summed E-state index contributed by atoms with van der Waals surface area (Å²) in [5.74, 6) is 0.684. The molecular formula is C12H22N2. The topological polar surface area (TPSA) is 27.0 Å². The van der Waals surface area contributed by atoms with Crippen molar-refractivity contribution in [2.24, 2.45) is 11.8 Å². The smallest absolute Gasteiger partial charge is 0.0675 e. The number of likely N-dealkylation sites (tertiary alicyclic amines) is 1. The lowest BCUT2D eigenvalue weighted by atomic mass is 9.87. The quantitative estimate of drug-likeness (QED) is 0.675. The Morgan fingerprint density at radius 2 is 2.00 bits per heavy atom. The Labute approximate surface area is 87.9 Å². The van der Waals surface area contributed by atoms with Crippen molar-refractivity contribution in [3.8, 4) is 6.07 Å². The van der Waals surface area contributed by atoms with Crippen LogP contribution in [0.15, 0.2) is 0 Å². The Kier molecular flexibility index (Phi) is 4.41. The molecule has 0 spiro atoms. The molecular weight excluding hydrogens is 172 g/mol. The molecule has 80 valence electrons. The molecule has 2 nitrogen and oxygen atoms in total. The second kappa shape index (κ2) is 5.36. The minimum Gasteiger partial charge on any atom is -0.302 e.